The average Bonchev–Trinajstić information content (AvgIpc) is 3.10. The van der Waals surface area contributed by atoms with Crippen molar-refractivity contribution in [3.8, 4) is 17.2 Å². The van der Waals surface area contributed by atoms with Crippen molar-refractivity contribution in [2.24, 2.45) is 0 Å². The number of hydrogen-bond donors (Lipinski definition) is 1. The van der Waals surface area contributed by atoms with Gasteiger partial charge in [0.2, 0.25) is 11.7 Å². The molecule has 0 bridgehead atoms. The molecule has 32 heavy (non-hydrogen) atoms. The van der Waals surface area contributed by atoms with Gasteiger partial charge in [0.15, 0.2) is 16.6 Å². The third kappa shape index (κ3) is 6.57. The summed E-state index contributed by atoms with van der Waals surface area (Å²) in [6.07, 6.45) is 0.590. The van der Waals surface area contributed by atoms with Crippen LogP contribution in [0.15, 0.2) is 12.1 Å². The monoisotopic (exact) mass is 465 g/mol. The molecule has 0 saturated heterocycles. The summed E-state index contributed by atoms with van der Waals surface area (Å²) in [5.41, 5.74) is 1.19. The molecule has 0 aliphatic rings. The highest BCUT2D eigenvalue weighted by Gasteiger charge is 2.23. The zero-order chi connectivity index (χ0) is 23.7. The molecule has 0 saturated carbocycles. The van der Waals surface area contributed by atoms with Crippen molar-refractivity contribution in [3.63, 3.8) is 0 Å². The highest BCUT2D eigenvalue weighted by molar-refractivity contribution is 7.15. The Kier molecular flexibility index (Phi) is 9.73. The van der Waals surface area contributed by atoms with Crippen LogP contribution < -0.4 is 19.5 Å². The number of amides is 2. The summed E-state index contributed by atoms with van der Waals surface area (Å²) in [6, 6.07) is 3.15. The summed E-state index contributed by atoms with van der Waals surface area (Å²) in [5.74, 6) is 0.463. The first-order valence-corrected chi connectivity index (χ1v) is 11.1. The van der Waals surface area contributed by atoms with E-state index in [1.54, 1.807) is 12.1 Å². The highest BCUT2D eigenvalue weighted by atomic mass is 32.1. The van der Waals surface area contributed by atoms with Crippen molar-refractivity contribution < 1.29 is 28.5 Å². The molecule has 1 aromatic carbocycles. The number of carbonyl (C=O) groups is 2. The van der Waals surface area contributed by atoms with Crippen molar-refractivity contribution in [1.82, 2.24) is 9.88 Å². The van der Waals surface area contributed by atoms with Crippen molar-refractivity contribution in [1.29, 1.82) is 0 Å². The lowest BCUT2D eigenvalue weighted by atomic mass is 10.1. The Balaban J connectivity index is 2.24. The van der Waals surface area contributed by atoms with E-state index in [1.807, 2.05) is 20.8 Å². The summed E-state index contributed by atoms with van der Waals surface area (Å²) in [5, 5.41) is 3.29. The number of methoxy groups -OCH3 is 3. The number of nitrogens with one attached hydrogen (secondary N) is 1. The molecule has 1 N–H and O–H groups in total. The van der Waals surface area contributed by atoms with Gasteiger partial charge < -0.3 is 29.2 Å². The second-order valence-electron chi connectivity index (χ2n) is 6.90. The zero-order valence-electron chi connectivity index (χ0n) is 19.4. The van der Waals surface area contributed by atoms with Gasteiger partial charge >= 0.3 is 0 Å². The number of aromatic nitrogens is 1. The number of aryl methyl sites for hydroxylation is 2. The highest BCUT2D eigenvalue weighted by Crippen LogP contribution is 2.38. The molecule has 0 radical (unpaired) electrons. The number of rotatable bonds is 12. The minimum atomic E-state index is -0.331. The van der Waals surface area contributed by atoms with Crippen LogP contribution in [0.3, 0.4) is 0 Å². The molecule has 0 atom stereocenters. The van der Waals surface area contributed by atoms with Gasteiger partial charge in [0.05, 0.1) is 27.0 Å². The van der Waals surface area contributed by atoms with E-state index >= 15 is 0 Å². The fourth-order valence-electron chi connectivity index (χ4n) is 3.00. The Labute approximate surface area is 192 Å². The Bertz CT molecular complexity index is 886. The average molecular weight is 466 g/mol. The molecule has 2 amide bonds. The van der Waals surface area contributed by atoms with Crippen LogP contribution in [0.4, 0.5) is 5.13 Å². The quantitative estimate of drug-likeness (QED) is 0.480. The molecular weight excluding hydrogens is 434 g/mol. The van der Waals surface area contributed by atoms with E-state index in [0.717, 1.165) is 10.6 Å². The second kappa shape index (κ2) is 12.3. The smallest absolute Gasteiger partial charge is 0.254 e. The molecule has 1 heterocycles. The molecule has 0 fully saturated rings. The van der Waals surface area contributed by atoms with Gasteiger partial charge in [-0.3, -0.25) is 9.59 Å². The van der Waals surface area contributed by atoms with Gasteiger partial charge in [-0.1, -0.05) is 0 Å². The van der Waals surface area contributed by atoms with Crippen molar-refractivity contribution in [3.05, 3.63) is 28.3 Å². The summed E-state index contributed by atoms with van der Waals surface area (Å²) in [4.78, 5) is 32.8. The van der Waals surface area contributed by atoms with Gasteiger partial charge in [0.25, 0.3) is 5.91 Å². The van der Waals surface area contributed by atoms with Gasteiger partial charge in [-0.15, -0.1) is 11.3 Å². The van der Waals surface area contributed by atoms with E-state index < -0.39 is 0 Å². The normalized spacial score (nSPS) is 10.6. The van der Waals surface area contributed by atoms with E-state index in [0.29, 0.717) is 54.1 Å². The standard InChI is InChI=1S/C22H31N3O6S/c1-7-31-10-8-9-25(13-19(26)24-22-23-14(2)15(3)32-22)21(27)16-11-17(28-4)20(30-6)18(12-16)29-5/h11-12H,7-10,13H2,1-6H3,(H,23,24,26). The molecule has 2 aromatic rings. The first kappa shape index (κ1) is 25.4. The van der Waals surface area contributed by atoms with E-state index in [2.05, 4.69) is 10.3 Å². The maximum Gasteiger partial charge on any atom is 0.254 e. The molecule has 0 aliphatic carbocycles. The molecule has 0 spiro atoms. The zero-order valence-corrected chi connectivity index (χ0v) is 20.3. The predicted octanol–water partition coefficient (Wildman–Crippen LogP) is 3.29. The largest absolute Gasteiger partial charge is 0.493 e. The van der Waals surface area contributed by atoms with Crippen molar-refractivity contribution in [2.75, 3.05) is 52.9 Å². The minimum Gasteiger partial charge on any atom is -0.493 e. The number of thiazole rings is 1. The number of carbonyl (C=O) groups excluding carboxylic acids is 2. The minimum absolute atomic E-state index is 0.126. The molecule has 0 aliphatic heterocycles. The van der Waals surface area contributed by atoms with Crippen molar-refractivity contribution >= 4 is 28.3 Å². The Morgan fingerprint density at radius 2 is 1.75 bits per heavy atom. The third-order valence-corrected chi connectivity index (χ3v) is 5.72. The molecule has 2 rings (SSSR count). The first-order valence-electron chi connectivity index (χ1n) is 10.2. The lowest BCUT2D eigenvalue weighted by Crippen LogP contribution is -2.39. The number of anilines is 1. The van der Waals surface area contributed by atoms with Crippen LogP contribution in [-0.2, 0) is 9.53 Å². The first-order chi connectivity index (χ1) is 15.3. The number of hydrogen-bond acceptors (Lipinski definition) is 8. The van der Waals surface area contributed by atoms with E-state index in [-0.39, 0.29) is 18.4 Å². The van der Waals surface area contributed by atoms with Gasteiger partial charge in [0.1, 0.15) is 6.54 Å². The van der Waals surface area contributed by atoms with Crippen LogP contribution >= 0.6 is 11.3 Å². The maximum absolute atomic E-state index is 13.3. The summed E-state index contributed by atoms with van der Waals surface area (Å²) in [6.45, 7) is 7.03. The fourth-order valence-corrected chi connectivity index (χ4v) is 3.83. The maximum atomic E-state index is 13.3. The van der Waals surface area contributed by atoms with Crippen LogP contribution in [0.5, 0.6) is 17.2 Å². The Morgan fingerprint density at radius 3 is 2.25 bits per heavy atom. The van der Waals surface area contributed by atoms with Crippen LogP contribution in [0.1, 0.15) is 34.3 Å². The number of nitrogens with zero attached hydrogens (tertiary/aromatic N) is 2. The summed E-state index contributed by atoms with van der Waals surface area (Å²) < 4.78 is 21.4. The third-order valence-electron chi connectivity index (χ3n) is 4.73. The molecule has 1 aromatic heterocycles. The molecule has 0 unspecified atom stereocenters. The number of ether oxygens (including phenoxy) is 4. The Morgan fingerprint density at radius 1 is 1.09 bits per heavy atom. The van der Waals surface area contributed by atoms with Crippen LogP contribution in [0.25, 0.3) is 0 Å². The van der Waals surface area contributed by atoms with Crippen molar-refractivity contribution in [2.45, 2.75) is 27.2 Å². The lowest BCUT2D eigenvalue weighted by molar-refractivity contribution is -0.116. The molecule has 176 valence electrons. The predicted molar refractivity (Wildman–Crippen MR) is 123 cm³/mol. The molecule has 10 heteroatoms. The van der Waals surface area contributed by atoms with Gasteiger partial charge in [-0.25, -0.2) is 4.98 Å². The lowest BCUT2D eigenvalue weighted by Gasteiger charge is -2.23. The van der Waals surface area contributed by atoms with Gasteiger partial charge in [-0.2, -0.15) is 0 Å². The van der Waals surface area contributed by atoms with Gasteiger partial charge in [0, 0.05) is 30.2 Å². The van der Waals surface area contributed by atoms with E-state index in [9.17, 15) is 9.59 Å². The van der Waals surface area contributed by atoms with E-state index in [1.165, 1.54) is 37.6 Å². The van der Waals surface area contributed by atoms with Crippen LogP contribution in [-0.4, -0.2) is 69.3 Å². The molecule has 9 nitrogen and oxygen atoms in total. The van der Waals surface area contributed by atoms with E-state index in [4.69, 9.17) is 18.9 Å². The number of benzene rings is 1. The Hall–Kier alpha value is -2.85. The summed E-state index contributed by atoms with van der Waals surface area (Å²) in [7, 11) is 4.46. The second-order valence-corrected chi connectivity index (χ2v) is 8.10. The summed E-state index contributed by atoms with van der Waals surface area (Å²) >= 11 is 1.40. The molecular formula is C22H31N3O6S. The topological polar surface area (TPSA) is 99.2 Å². The SMILES string of the molecule is CCOCCCN(CC(=O)Nc1nc(C)c(C)s1)C(=O)c1cc(OC)c(OC)c(OC)c1. The van der Waals surface area contributed by atoms with Gasteiger partial charge in [-0.05, 0) is 39.3 Å². The van der Waals surface area contributed by atoms with Crippen LogP contribution in [0, 0.1) is 13.8 Å². The fraction of sp³-hybridized carbons (Fsp3) is 0.500. The van der Waals surface area contributed by atoms with Crippen LogP contribution in [0.2, 0.25) is 0 Å².